The number of oxime groups is 1. The largest absolute Gasteiger partial charge is 0.409 e. The van der Waals surface area contributed by atoms with Gasteiger partial charge in [-0.25, -0.2) is 9.97 Å². The molecule has 2 aromatic rings. The van der Waals surface area contributed by atoms with E-state index in [2.05, 4.69) is 31.5 Å². The predicted octanol–water partition coefficient (Wildman–Crippen LogP) is 0.166. The molecule has 9 heteroatoms. The summed E-state index contributed by atoms with van der Waals surface area (Å²) >= 11 is 1.23. The maximum absolute atomic E-state index is 8.49. The molecule has 2 aromatic heterocycles. The Morgan fingerprint density at radius 3 is 3.18 bits per heavy atom. The SMILES string of the molecule is CCCc1nsc(-n2cnc(C(N)=NO)n2)n1. The Balaban J connectivity index is 2.24. The van der Waals surface area contributed by atoms with Crippen molar-refractivity contribution in [2.24, 2.45) is 10.9 Å². The van der Waals surface area contributed by atoms with E-state index in [1.165, 1.54) is 22.5 Å². The Bertz CT molecular complexity index is 531. The minimum absolute atomic E-state index is 0.137. The zero-order chi connectivity index (χ0) is 12.3. The molecule has 0 aliphatic heterocycles. The number of rotatable bonds is 4. The number of nitrogens with two attached hydrogens (primary N) is 1. The monoisotopic (exact) mass is 253 g/mol. The van der Waals surface area contributed by atoms with Gasteiger partial charge < -0.3 is 10.9 Å². The molecule has 0 fully saturated rings. The molecule has 0 atom stereocenters. The number of aryl methyl sites for hydroxylation is 1. The van der Waals surface area contributed by atoms with Gasteiger partial charge in [0.1, 0.15) is 12.2 Å². The molecule has 0 unspecified atom stereocenters. The maximum atomic E-state index is 8.49. The van der Waals surface area contributed by atoms with Gasteiger partial charge >= 0.3 is 0 Å². The summed E-state index contributed by atoms with van der Waals surface area (Å²) in [5.74, 6) is 0.801. The number of hydrogen-bond donors (Lipinski definition) is 2. The van der Waals surface area contributed by atoms with Gasteiger partial charge in [-0.15, -0.1) is 5.10 Å². The second kappa shape index (κ2) is 4.87. The first-order chi connectivity index (χ1) is 8.24. The van der Waals surface area contributed by atoms with Crippen molar-refractivity contribution in [3.8, 4) is 5.13 Å². The van der Waals surface area contributed by atoms with E-state index in [4.69, 9.17) is 10.9 Å². The second-order valence-electron chi connectivity index (χ2n) is 3.24. The molecule has 3 N–H and O–H groups in total. The van der Waals surface area contributed by atoms with Gasteiger partial charge in [0.15, 0.2) is 0 Å². The van der Waals surface area contributed by atoms with E-state index in [1.807, 2.05) is 0 Å². The highest BCUT2D eigenvalue weighted by Gasteiger charge is 2.10. The molecule has 0 spiro atoms. The average Bonchev–Trinajstić information content (AvgIpc) is 2.96. The minimum atomic E-state index is -0.137. The van der Waals surface area contributed by atoms with Crippen molar-refractivity contribution in [3.63, 3.8) is 0 Å². The van der Waals surface area contributed by atoms with Crippen LogP contribution in [0.25, 0.3) is 5.13 Å². The summed E-state index contributed by atoms with van der Waals surface area (Å²) in [6, 6.07) is 0. The molecule has 0 aliphatic rings. The number of aromatic nitrogens is 5. The van der Waals surface area contributed by atoms with Gasteiger partial charge in [-0.2, -0.15) is 9.06 Å². The van der Waals surface area contributed by atoms with E-state index >= 15 is 0 Å². The van der Waals surface area contributed by atoms with E-state index in [-0.39, 0.29) is 11.7 Å². The van der Waals surface area contributed by atoms with Crippen LogP contribution in [0.4, 0.5) is 0 Å². The summed E-state index contributed by atoms with van der Waals surface area (Å²) in [6.07, 6.45) is 3.27. The van der Waals surface area contributed by atoms with Gasteiger partial charge in [0.25, 0.3) is 0 Å². The number of nitrogens with zero attached hydrogens (tertiary/aromatic N) is 6. The lowest BCUT2D eigenvalue weighted by Crippen LogP contribution is -2.15. The lowest BCUT2D eigenvalue weighted by Gasteiger charge is -1.91. The van der Waals surface area contributed by atoms with Crippen LogP contribution in [-0.2, 0) is 6.42 Å². The Morgan fingerprint density at radius 2 is 2.47 bits per heavy atom. The van der Waals surface area contributed by atoms with Crippen LogP contribution in [0.15, 0.2) is 11.5 Å². The Kier molecular flexibility index (Phi) is 3.28. The van der Waals surface area contributed by atoms with Crippen LogP contribution in [0, 0.1) is 0 Å². The summed E-state index contributed by atoms with van der Waals surface area (Å²) in [6.45, 7) is 2.06. The fourth-order valence-corrected chi connectivity index (χ4v) is 1.82. The van der Waals surface area contributed by atoms with Gasteiger partial charge in [0, 0.05) is 18.0 Å². The molecule has 0 aromatic carbocycles. The standard InChI is InChI=1S/C8H11N7OS/c1-2-3-5-11-8(17-14-5)15-4-10-7(12-15)6(9)13-16/h4,16H,2-3H2,1H3,(H2,9,13). The molecule has 0 radical (unpaired) electrons. The van der Waals surface area contributed by atoms with Gasteiger partial charge in [-0.05, 0) is 6.42 Å². The van der Waals surface area contributed by atoms with Crippen molar-refractivity contribution in [2.45, 2.75) is 19.8 Å². The Labute approximate surface area is 101 Å². The molecular weight excluding hydrogens is 242 g/mol. The van der Waals surface area contributed by atoms with Gasteiger partial charge in [-0.3, -0.25) is 0 Å². The molecule has 0 amide bonds. The van der Waals surface area contributed by atoms with Gasteiger partial charge in [0.2, 0.25) is 16.8 Å². The second-order valence-corrected chi connectivity index (χ2v) is 3.97. The number of hydrogen-bond acceptors (Lipinski definition) is 7. The van der Waals surface area contributed by atoms with Crippen molar-refractivity contribution in [2.75, 3.05) is 0 Å². The number of amidine groups is 1. The summed E-state index contributed by atoms with van der Waals surface area (Å²) in [5.41, 5.74) is 5.37. The van der Waals surface area contributed by atoms with E-state index in [0.717, 1.165) is 18.7 Å². The predicted molar refractivity (Wildman–Crippen MR) is 61.3 cm³/mol. The van der Waals surface area contributed by atoms with Crippen molar-refractivity contribution >= 4 is 17.4 Å². The third kappa shape index (κ3) is 2.38. The minimum Gasteiger partial charge on any atom is -0.409 e. The highest BCUT2D eigenvalue weighted by Crippen LogP contribution is 2.10. The Hall–Kier alpha value is -2.03. The molecule has 0 saturated carbocycles. The lowest BCUT2D eigenvalue weighted by molar-refractivity contribution is 0.318. The molecule has 17 heavy (non-hydrogen) atoms. The Morgan fingerprint density at radius 1 is 1.65 bits per heavy atom. The highest BCUT2D eigenvalue weighted by molar-refractivity contribution is 7.08. The quantitative estimate of drug-likeness (QED) is 0.347. The summed E-state index contributed by atoms with van der Waals surface area (Å²) in [7, 11) is 0. The van der Waals surface area contributed by atoms with Crippen LogP contribution in [0.1, 0.15) is 25.0 Å². The van der Waals surface area contributed by atoms with Crippen molar-refractivity contribution in [3.05, 3.63) is 18.0 Å². The van der Waals surface area contributed by atoms with Gasteiger partial charge in [0.05, 0.1) is 0 Å². The van der Waals surface area contributed by atoms with Crippen LogP contribution < -0.4 is 5.73 Å². The molecule has 0 bridgehead atoms. The zero-order valence-electron chi connectivity index (χ0n) is 9.11. The molecule has 8 nitrogen and oxygen atoms in total. The normalized spacial score (nSPS) is 11.9. The summed E-state index contributed by atoms with van der Waals surface area (Å²) < 4.78 is 5.64. The van der Waals surface area contributed by atoms with Crippen molar-refractivity contribution in [1.82, 2.24) is 24.1 Å². The smallest absolute Gasteiger partial charge is 0.231 e. The molecule has 2 heterocycles. The fraction of sp³-hybridized carbons (Fsp3) is 0.375. The highest BCUT2D eigenvalue weighted by atomic mass is 32.1. The first-order valence-electron chi connectivity index (χ1n) is 4.97. The zero-order valence-corrected chi connectivity index (χ0v) is 9.92. The van der Waals surface area contributed by atoms with Crippen molar-refractivity contribution in [1.29, 1.82) is 0 Å². The van der Waals surface area contributed by atoms with Crippen LogP contribution in [0.2, 0.25) is 0 Å². The first kappa shape index (κ1) is 11.5. The topological polar surface area (TPSA) is 115 Å². The molecule has 0 aliphatic carbocycles. The maximum Gasteiger partial charge on any atom is 0.231 e. The first-order valence-corrected chi connectivity index (χ1v) is 5.74. The van der Waals surface area contributed by atoms with Gasteiger partial charge in [-0.1, -0.05) is 12.1 Å². The molecule has 2 rings (SSSR count). The molecular formula is C8H11N7OS. The molecule has 90 valence electrons. The summed E-state index contributed by atoms with van der Waals surface area (Å²) in [5, 5.41) is 15.9. The average molecular weight is 253 g/mol. The summed E-state index contributed by atoms with van der Waals surface area (Å²) in [4.78, 5) is 8.19. The third-order valence-corrected chi connectivity index (χ3v) is 2.70. The lowest BCUT2D eigenvalue weighted by atomic mass is 10.3. The van der Waals surface area contributed by atoms with E-state index in [9.17, 15) is 0 Å². The van der Waals surface area contributed by atoms with Crippen LogP contribution in [0.3, 0.4) is 0 Å². The van der Waals surface area contributed by atoms with Crippen LogP contribution in [0.5, 0.6) is 0 Å². The fourth-order valence-electron chi connectivity index (χ4n) is 1.18. The van der Waals surface area contributed by atoms with Crippen molar-refractivity contribution < 1.29 is 5.21 Å². The molecule has 0 saturated heterocycles. The van der Waals surface area contributed by atoms with E-state index in [1.54, 1.807) is 0 Å². The van der Waals surface area contributed by atoms with E-state index in [0.29, 0.717) is 5.13 Å². The van der Waals surface area contributed by atoms with Crippen LogP contribution in [-0.4, -0.2) is 35.2 Å². The van der Waals surface area contributed by atoms with Crippen LogP contribution >= 0.6 is 11.5 Å². The van der Waals surface area contributed by atoms with E-state index < -0.39 is 0 Å². The third-order valence-electron chi connectivity index (χ3n) is 1.96.